The van der Waals surface area contributed by atoms with Crippen molar-refractivity contribution in [2.24, 2.45) is 5.41 Å². The molecule has 0 bridgehead atoms. The molecule has 1 amide bonds. The predicted octanol–water partition coefficient (Wildman–Crippen LogP) is 2.00. The Balaban J connectivity index is 1.47. The predicted molar refractivity (Wildman–Crippen MR) is 107 cm³/mol. The number of rotatable bonds is 3. The maximum absolute atomic E-state index is 12.6. The van der Waals surface area contributed by atoms with Gasteiger partial charge in [0.25, 0.3) is 0 Å². The summed E-state index contributed by atoms with van der Waals surface area (Å²) >= 11 is 0. The molecule has 3 saturated heterocycles. The molecule has 4 heterocycles. The van der Waals surface area contributed by atoms with Crippen LogP contribution in [-0.2, 0) is 4.79 Å². The van der Waals surface area contributed by atoms with Crippen molar-refractivity contribution in [3.8, 4) is 0 Å². The van der Waals surface area contributed by atoms with Gasteiger partial charge in [-0.2, -0.15) is 0 Å². The topological polar surface area (TPSA) is 77.0 Å². The Morgan fingerprint density at radius 2 is 1.96 bits per heavy atom. The number of piperidine rings is 2. The minimum atomic E-state index is -0.928. The SMILES string of the molecule is Cc1ccc(C(=O)O)c(N2CCC3(CCC(=O)N(C4CCN(C)C4)C3)CC2)n1. The lowest BCUT2D eigenvalue weighted by Crippen LogP contribution is -2.55. The quantitative estimate of drug-likeness (QED) is 0.856. The summed E-state index contributed by atoms with van der Waals surface area (Å²) in [5.41, 5.74) is 1.27. The van der Waals surface area contributed by atoms with Crippen molar-refractivity contribution in [2.75, 3.05) is 44.7 Å². The molecule has 3 fully saturated rings. The molecule has 1 unspecified atom stereocenters. The summed E-state index contributed by atoms with van der Waals surface area (Å²) in [5.74, 6) is -0.0343. The first-order valence-corrected chi connectivity index (χ1v) is 10.3. The highest BCUT2D eigenvalue weighted by Gasteiger charge is 2.44. The maximum atomic E-state index is 12.6. The maximum Gasteiger partial charge on any atom is 0.339 e. The van der Waals surface area contributed by atoms with Crippen molar-refractivity contribution in [1.29, 1.82) is 0 Å². The van der Waals surface area contributed by atoms with Crippen LogP contribution >= 0.6 is 0 Å². The number of nitrogens with zero attached hydrogens (tertiary/aromatic N) is 4. The minimum Gasteiger partial charge on any atom is -0.478 e. The molecule has 28 heavy (non-hydrogen) atoms. The molecule has 1 aromatic rings. The van der Waals surface area contributed by atoms with Crippen LogP contribution in [-0.4, -0.2) is 77.6 Å². The minimum absolute atomic E-state index is 0.165. The van der Waals surface area contributed by atoms with Crippen LogP contribution in [0.1, 0.15) is 48.2 Å². The average molecular weight is 386 g/mol. The van der Waals surface area contributed by atoms with Crippen molar-refractivity contribution in [3.05, 3.63) is 23.4 Å². The smallest absolute Gasteiger partial charge is 0.339 e. The highest BCUT2D eigenvalue weighted by atomic mass is 16.4. The first-order chi connectivity index (χ1) is 13.4. The largest absolute Gasteiger partial charge is 0.478 e. The van der Waals surface area contributed by atoms with Crippen LogP contribution in [0.3, 0.4) is 0 Å². The number of hydrogen-bond acceptors (Lipinski definition) is 5. The molecule has 1 atom stereocenters. The van der Waals surface area contributed by atoms with Gasteiger partial charge in [-0.05, 0) is 63.7 Å². The van der Waals surface area contributed by atoms with Gasteiger partial charge in [-0.15, -0.1) is 0 Å². The normalized spacial score (nSPS) is 25.5. The summed E-state index contributed by atoms with van der Waals surface area (Å²) in [6.07, 6.45) is 4.62. The molecule has 7 heteroatoms. The Labute approximate surface area is 166 Å². The third-order valence-corrected chi connectivity index (χ3v) is 6.87. The standard InChI is InChI=1S/C21H30N4O3/c1-15-3-4-17(20(27)28)19(22-15)24-11-8-21(9-12-24)7-5-18(26)25(14-21)16-6-10-23(2)13-16/h3-4,16H,5-14H2,1-2H3,(H,27,28). The number of likely N-dealkylation sites (tertiary alicyclic amines) is 2. The van der Waals surface area contributed by atoms with Crippen molar-refractivity contribution in [2.45, 2.75) is 45.1 Å². The summed E-state index contributed by atoms with van der Waals surface area (Å²) in [5, 5.41) is 9.52. The van der Waals surface area contributed by atoms with Crippen LogP contribution in [0, 0.1) is 12.3 Å². The Morgan fingerprint density at radius 1 is 1.21 bits per heavy atom. The molecule has 1 aromatic heterocycles. The number of amides is 1. The molecular formula is C21H30N4O3. The first kappa shape index (κ1) is 19.2. The molecule has 0 aliphatic carbocycles. The van der Waals surface area contributed by atoms with E-state index in [-0.39, 0.29) is 11.0 Å². The molecular weight excluding hydrogens is 356 g/mol. The third-order valence-electron chi connectivity index (χ3n) is 6.87. The summed E-state index contributed by atoms with van der Waals surface area (Å²) in [7, 11) is 2.12. The first-order valence-electron chi connectivity index (χ1n) is 10.3. The van der Waals surface area contributed by atoms with E-state index in [2.05, 4.69) is 26.7 Å². The number of aryl methyl sites for hydroxylation is 1. The highest BCUT2D eigenvalue weighted by Crippen LogP contribution is 2.42. The number of carbonyl (C=O) groups is 2. The van der Waals surface area contributed by atoms with Crippen molar-refractivity contribution >= 4 is 17.7 Å². The van der Waals surface area contributed by atoms with E-state index >= 15 is 0 Å². The molecule has 3 aliphatic heterocycles. The number of carboxylic acids is 1. The number of hydrogen-bond donors (Lipinski definition) is 1. The number of carbonyl (C=O) groups excluding carboxylic acids is 1. The number of pyridine rings is 1. The highest BCUT2D eigenvalue weighted by molar-refractivity contribution is 5.93. The van der Waals surface area contributed by atoms with E-state index < -0.39 is 5.97 Å². The molecule has 1 N–H and O–H groups in total. The van der Waals surface area contributed by atoms with Gasteiger partial charge in [0.1, 0.15) is 11.4 Å². The van der Waals surface area contributed by atoms with Crippen LogP contribution in [0.4, 0.5) is 5.82 Å². The van der Waals surface area contributed by atoms with Gasteiger partial charge in [0, 0.05) is 44.3 Å². The van der Waals surface area contributed by atoms with E-state index in [0.717, 1.165) is 64.1 Å². The average Bonchev–Trinajstić information content (AvgIpc) is 3.10. The zero-order chi connectivity index (χ0) is 19.9. The van der Waals surface area contributed by atoms with Crippen molar-refractivity contribution in [3.63, 3.8) is 0 Å². The second-order valence-corrected chi connectivity index (χ2v) is 8.84. The monoisotopic (exact) mass is 386 g/mol. The summed E-state index contributed by atoms with van der Waals surface area (Å²) in [6.45, 7) is 6.37. The Kier molecular flexibility index (Phi) is 5.04. The molecule has 0 aromatic carbocycles. The van der Waals surface area contributed by atoms with Gasteiger partial charge in [-0.3, -0.25) is 4.79 Å². The number of aromatic nitrogens is 1. The van der Waals surface area contributed by atoms with Crippen LogP contribution in [0.2, 0.25) is 0 Å². The van der Waals surface area contributed by atoms with E-state index in [1.165, 1.54) is 0 Å². The summed E-state index contributed by atoms with van der Waals surface area (Å²) in [6, 6.07) is 3.76. The van der Waals surface area contributed by atoms with Gasteiger partial charge in [0.2, 0.25) is 5.91 Å². The number of carboxylic acid groups (broad SMARTS) is 1. The molecule has 4 rings (SSSR count). The van der Waals surface area contributed by atoms with Gasteiger partial charge < -0.3 is 19.8 Å². The fourth-order valence-corrected chi connectivity index (χ4v) is 5.10. The van der Waals surface area contributed by atoms with E-state index in [0.29, 0.717) is 24.2 Å². The van der Waals surface area contributed by atoms with Crippen LogP contribution < -0.4 is 4.90 Å². The molecule has 152 valence electrons. The molecule has 1 spiro atoms. The van der Waals surface area contributed by atoms with Crippen LogP contribution in [0.15, 0.2) is 12.1 Å². The molecule has 0 radical (unpaired) electrons. The van der Waals surface area contributed by atoms with Gasteiger partial charge in [0.05, 0.1) is 0 Å². The Morgan fingerprint density at radius 3 is 2.61 bits per heavy atom. The number of anilines is 1. The molecule has 0 saturated carbocycles. The Bertz CT molecular complexity index is 773. The van der Waals surface area contributed by atoms with E-state index in [1.807, 2.05) is 6.92 Å². The van der Waals surface area contributed by atoms with Crippen molar-refractivity contribution in [1.82, 2.24) is 14.8 Å². The molecule has 7 nitrogen and oxygen atoms in total. The van der Waals surface area contributed by atoms with Gasteiger partial charge in [-0.25, -0.2) is 9.78 Å². The number of likely N-dealkylation sites (N-methyl/N-ethyl adjacent to an activating group) is 1. The van der Waals surface area contributed by atoms with Gasteiger partial charge >= 0.3 is 5.97 Å². The lowest BCUT2D eigenvalue weighted by Gasteiger charge is -2.49. The van der Waals surface area contributed by atoms with Gasteiger partial charge in [-0.1, -0.05) is 0 Å². The van der Waals surface area contributed by atoms with E-state index in [9.17, 15) is 14.7 Å². The van der Waals surface area contributed by atoms with Crippen LogP contribution in [0.5, 0.6) is 0 Å². The summed E-state index contributed by atoms with van der Waals surface area (Å²) < 4.78 is 0. The second kappa shape index (κ2) is 7.35. The van der Waals surface area contributed by atoms with Crippen molar-refractivity contribution < 1.29 is 14.7 Å². The summed E-state index contributed by atoms with van der Waals surface area (Å²) in [4.78, 5) is 35.3. The lowest BCUT2D eigenvalue weighted by molar-refractivity contribution is -0.141. The van der Waals surface area contributed by atoms with E-state index in [1.54, 1.807) is 12.1 Å². The van der Waals surface area contributed by atoms with Gasteiger partial charge in [0.15, 0.2) is 0 Å². The zero-order valence-electron chi connectivity index (χ0n) is 16.9. The fraction of sp³-hybridized carbons (Fsp3) is 0.667. The van der Waals surface area contributed by atoms with E-state index in [4.69, 9.17) is 0 Å². The second-order valence-electron chi connectivity index (χ2n) is 8.84. The fourth-order valence-electron chi connectivity index (χ4n) is 5.10. The number of aromatic carboxylic acids is 1. The van der Waals surface area contributed by atoms with Crippen LogP contribution in [0.25, 0.3) is 0 Å². The lowest BCUT2D eigenvalue weighted by atomic mass is 9.72. The third kappa shape index (κ3) is 3.60. The Hall–Kier alpha value is -2.15. The molecule has 3 aliphatic rings. The zero-order valence-corrected chi connectivity index (χ0v) is 16.9.